The molecule has 0 fully saturated rings. The number of carbonyl (C=O) groups excluding carboxylic acids is 1. The lowest BCUT2D eigenvalue weighted by atomic mass is 10.0. The van der Waals surface area contributed by atoms with Gasteiger partial charge in [-0.1, -0.05) is 30.3 Å². The van der Waals surface area contributed by atoms with Crippen molar-refractivity contribution in [2.75, 3.05) is 13.7 Å². The first-order valence-electron chi connectivity index (χ1n) is 9.16. The number of hydrogen-bond donors (Lipinski definition) is 1. The summed E-state index contributed by atoms with van der Waals surface area (Å²) >= 11 is 0. The summed E-state index contributed by atoms with van der Waals surface area (Å²) in [5, 5.41) is 2.94. The van der Waals surface area contributed by atoms with Gasteiger partial charge in [-0.2, -0.15) is 0 Å². The van der Waals surface area contributed by atoms with Gasteiger partial charge >= 0.3 is 0 Å². The lowest BCUT2D eigenvalue weighted by molar-refractivity contribution is -0.131. The second-order valence-electron chi connectivity index (χ2n) is 6.63. The lowest BCUT2D eigenvalue weighted by Crippen LogP contribution is -2.37. The number of fused-ring (bicyclic) bond motifs is 1. The van der Waals surface area contributed by atoms with Crippen molar-refractivity contribution in [2.24, 2.45) is 0 Å². The van der Waals surface area contributed by atoms with Crippen LogP contribution in [0.25, 0.3) is 11.3 Å². The fraction of sp³-hybridized carbons (Fsp3) is 0.227. The number of carbonyl (C=O) groups is 1. The number of nitrogens with one attached hydrogen (secondary N) is 1. The molecule has 1 aliphatic rings. The molecule has 0 saturated heterocycles. The molecule has 0 unspecified atom stereocenters. The number of methoxy groups -OCH3 is 1. The van der Waals surface area contributed by atoms with Crippen LogP contribution in [-0.4, -0.2) is 35.6 Å². The van der Waals surface area contributed by atoms with Crippen LogP contribution in [0.2, 0.25) is 0 Å². The van der Waals surface area contributed by atoms with Crippen molar-refractivity contribution in [1.29, 1.82) is 0 Å². The molecule has 142 valence electrons. The van der Waals surface area contributed by atoms with Gasteiger partial charge in [-0.25, -0.2) is 0 Å². The van der Waals surface area contributed by atoms with E-state index in [0.717, 1.165) is 34.6 Å². The van der Waals surface area contributed by atoms with Gasteiger partial charge in [0.25, 0.3) is 5.91 Å². The highest BCUT2D eigenvalue weighted by Gasteiger charge is 2.26. The Bertz CT molecular complexity index is 948. The first-order valence-corrected chi connectivity index (χ1v) is 9.16. The van der Waals surface area contributed by atoms with Crippen molar-refractivity contribution < 1.29 is 14.3 Å². The molecule has 2 heterocycles. The molecule has 2 atom stereocenters. The molecule has 2 aromatic carbocycles. The Balaban J connectivity index is 1.38. The second-order valence-corrected chi connectivity index (χ2v) is 6.63. The van der Waals surface area contributed by atoms with Gasteiger partial charge in [0.15, 0.2) is 6.10 Å². The summed E-state index contributed by atoms with van der Waals surface area (Å²) in [6.07, 6.45) is 5.06. The van der Waals surface area contributed by atoms with Crippen LogP contribution in [0.3, 0.4) is 0 Å². The lowest BCUT2D eigenvalue weighted by Gasteiger charge is -2.17. The molecule has 3 aromatic rings. The quantitative estimate of drug-likeness (QED) is 0.717. The van der Waals surface area contributed by atoms with E-state index in [0.29, 0.717) is 6.54 Å². The maximum absolute atomic E-state index is 12.5. The van der Waals surface area contributed by atoms with Crippen molar-refractivity contribution >= 4 is 5.91 Å². The predicted molar refractivity (Wildman–Crippen MR) is 105 cm³/mol. The fourth-order valence-electron chi connectivity index (χ4n) is 3.37. The number of ether oxygens (including phenoxy) is 2. The Morgan fingerprint density at radius 2 is 2.11 bits per heavy atom. The number of hydrogen-bond acceptors (Lipinski definition) is 5. The summed E-state index contributed by atoms with van der Waals surface area (Å²) in [5.41, 5.74) is 3.76. The van der Waals surface area contributed by atoms with Gasteiger partial charge in [-0.3, -0.25) is 14.8 Å². The van der Waals surface area contributed by atoms with E-state index in [2.05, 4.69) is 21.4 Å². The van der Waals surface area contributed by atoms with Gasteiger partial charge in [-0.15, -0.1) is 0 Å². The summed E-state index contributed by atoms with van der Waals surface area (Å²) < 4.78 is 11.3. The first-order chi connectivity index (χ1) is 13.7. The van der Waals surface area contributed by atoms with E-state index in [4.69, 9.17) is 9.47 Å². The Morgan fingerprint density at radius 1 is 1.25 bits per heavy atom. The Labute approximate surface area is 163 Å². The van der Waals surface area contributed by atoms with Gasteiger partial charge in [0, 0.05) is 31.5 Å². The molecule has 0 spiro atoms. The van der Waals surface area contributed by atoms with Gasteiger partial charge in [0.1, 0.15) is 11.9 Å². The summed E-state index contributed by atoms with van der Waals surface area (Å²) in [5.74, 6) is 0.673. The normalized spacial score (nSPS) is 16.1. The van der Waals surface area contributed by atoms with E-state index in [1.807, 2.05) is 42.5 Å². The number of benzene rings is 2. The predicted octanol–water partition coefficient (Wildman–Crippen LogP) is 2.95. The van der Waals surface area contributed by atoms with Crippen LogP contribution in [0.4, 0.5) is 0 Å². The maximum Gasteiger partial charge on any atom is 0.253 e. The third-order valence-corrected chi connectivity index (χ3v) is 4.74. The van der Waals surface area contributed by atoms with Gasteiger partial charge in [0.2, 0.25) is 0 Å². The molecular formula is C22H21N3O3. The minimum absolute atomic E-state index is 0.107. The molecule has 1 aromatic heterocycles. The molecular weight excluding hydrogens is 354 g/mol. The summed E-state index contributed by atoms with van der Waals surface area (Å²) in [6.45, 7) is 0.417. The number of rotatable bonds is 6. The van der Waals surface area contributed by atoms with Crippen molar-refractivity contribution in [2.45, 2.75) is 18.6 Å². The van der Waals surface area contributed by atoms with Crippen molar-refractivity contribution in [3.8, 4) is 17.0 Å². The minimum atomic E-state index is -0.631. The zero-order chi connectivity index (χ0) is 19.3. The average Bonchev–Trinajstić information content (AvgIpc) is 3.16. The summed E-state index contributed by atoms with van der Waals surface area (Å²) in [6, 6.07) is 15.4. The van der Waals surface area contributed by atoms with Crippen LogP contribution < -0.4 is 10.1 Å². The van der Waals surface area contributed by atoms with Gasteiger partial charge < -0.3 is 14.8 Å². The monoisotopic (exact) mass is 375 g/mol. The molecule has 28 heavy (non-hydrogen) atoms. The van der Waals surface area contributed by atoms with E-state index in [-0.39, 0.29) is 12.0 Å². The number of amides is 1. The molecule has 0 bridgehead atoms. The molecule has 6 heteroatoms. The highest BCUT2D eigenvalue weighted by atomic mass is 16.5. The van der Waals surface area contributed by atoms with Gasteiger partial charge in [0.05, 0.1) is 18.4 Å². The number of nitrogens with zero attached hydrogens (tertiary/aromatic N) is 2. The van der Waals surface area contributed by atoms with E-state index in [1.165, 1.54) is 7.11 Å². The van der Waals surface area contributed by atoms with Gasteiger partial charge in [-0.05, 0) is 29.3 Å². The first kappa shape index (κ1) is 18.1. The third-order valence-electron chi connectivity index (χ3n) is 4.74. The van der Waals surface area contributed by atoms with Crippen molar-refractivity contribution in [1.82, 2.24) is 15.3 Å². The second kappa shape index (κ2) is 8.19. The van der Waals surface area contributed by atoms with Crippen molar-refractivity contribution in [3.05, 3.63) is 78.2 Å². The number of aromatic nitrogens is 2. The molecule has 4 rings (SSSR count). The molecule has 0 saturated carbocycles. The highest BCUT2D eigenvalue weighted by Crippen LogP contribution is 2.32. The van der Waals surface area contributed by atoms with Crippen LogP contribution >= 0.6 is 0 Å². The van der Waals surface area contributed by atoms with E-state index < -0.39 is 6.10 Å². The smallest absolute Gasteiger partial charge is 0.253 e. The van der Waals surface area contributed by atoms with Crippen LogP contribution in [0, 0.1) is 0 Å². The molecule has 1 aliphatic heterocycles. The molecule has 6 nitrogen and oxygen atoms in total. The van der Waals surface area contributed by atoms with E-state index in [9.17, 15) is 4.79 Å². The zero-order valence-corrected chi connectivity index (χ0v) is 15.5. The topological polar surface area (TPSA) is 73.3 Å². The molecule has 0 aliphatic carbocycles. The largest absolute Gasteiger partial charge is 0.488 e. The standard InChI is InChI=1S/C22H21N3O3/c1-27-21(15-5-3-2-4-6-15)22(26)25-13-18-12-17-11-16(7-8-20(17)28-18)19-14-23-9-10-24-19/h2-11,14,18,21H,12-13H2,1H3,(H,25,26)/t18-,21+/m1/s1. The summed E-state index contributed by atoms with van der Waals surface area (Å²) in [4.78, 5) is 21.0. The van der Waals surface area contributed by atoms with Crippen molar-refractivity contribution in [3.63, 3.8) is 0 Å². The zero-order valence-electron chi connectivity index (χ0n) is 15.5. The molecule has 1 amide bonds. The van der Waals surface area contributed by atoms with Crippen LogP contribution in [0.5, 0.6) is 5.75 Å². The van der Waals surface area contributed by atoms with E-state index >= 15 is 0 Å². The van der Waals surface area contributed by atoms with E-state index in [1.54, 1.807) is 18.6 Å². The SMILES string of the molecule is CO[C@H](C(=O)NC[C@H]1Cc2cc(-c3cnccn3)ccc2O1)c1ccccc1. The average molecular weight is 375 g/mol. The highest BCUT2D eigenvalue weighted by molar-refractivity contribution is 5.82. The Hall–Kier alpha value is -3.25. The Morgan fingerprint density at radius 3 is 2.86 bits per heavy atom. The summed E-state index contributed by atoms with van der Waals surface area (Å²) in [7, 11) is 1.53. The molecule has 0 radical (unpaired) electrons. The Kier molecular flexibility index (Phi) is 5.30. The fourth-order valence-corrected chi connectivity index (χ4v) is 3.37. The third kappa shape index (κ3) is 3.87. The van der Waals surface area contributed by atoms with Crippen LogP contribution in [-0.2, 0) is 16.0 Å². The maximum atomic E-state index is 12.5. The van der Waals surface area contributed by atoms with Crippen LogP contribution in [0.15, 0.2) is 67.1 Å². The van der Waals surface area contributed by atoms with Crippen LogP contribution in [0.1, 0.15) is 17.2 Å². The molecule has 1 N–H and O–H groups in total. The minimum Gasteiger partial charge on any atom is -0.488 e.